The molecule has 0 spiro atoms. The van der Waals surface area contributed by atoms with E-state index in [0.717, 1.165) is 34.1 Å². The lowest BCUT2D eigenvalue weighted by Gasteiger charge is -2.28. The van der Waals surface area contributed by atoms with Crippen LogP contribution in [0.5, 0.6) is 0 Å². The number of anilines is 6. The topological polar surface area (TPSA) is 6.48 Å². The van der Waals surface area contributed by atoms with Crippen molar-refractivity contribution in [1.29, 1.82) is 0 Å². The van der Waals surface area contributed by atoms with Crippen molar-refractivity contribution >= 4 is 34.1 Å². The summed E-state index contributed by atoms with van der Waals surface area (Å²) in [5.74, 6) is 0. The van der Waals surface area contributed by atoms with Crippen molar-refractivity contribution in [3.63, 3.8) is 0 Å². The van der Waals surface area contributed by atoms with E-state index in [2.05, 4.69) is 410 Å². The molecule has 126 heavy (non-hydrogen) atoms. The molecule has 0 aromatic heterocycles. The lowest BCUT2D eigenvalue weighted by molar-refractivity contribution is 1.28. The van der Waals surface area contributed by atoms with Crippen LogP contribution >= 0.6 is 0 Å². The Bertz CT molecular complexity index is 4660. The van der Waals surface area contributed by atoms with Gasteiger partial charge in [-0.05, 0) is 204 Å². The Morgan fingerprint density at radius 3 is 0.437 bits per heavy atom. The van der Waals surface area contributed by atoms with Gasteiger partial charge in [0, 0.05) is 33.9 Å². The van der Waals surface area contributed by atoms with Crippen LogP contribution in [0.2, 0.25) is 0 Å². The third kappa shape index (κ3) is 39.0. The Hall–Kier alpha value is -12.1. The number of nitrogens with zero attached hydrogens (tertiary/aromatic N) is 2. The van der Waals surface area contributed by atoms with Crippen molar-refractivity contribution < 1.29 is 0 Å². The summed E-state index contributed by atoms with van der Waals surface area (Å²) in [5.41, 5.74) is 28.2. The van der Waals surface area contributed by atoms with Gasteiger partial charge in [-0.2, -0.15) is 0 Å². The first-order chi connectivity index (χ1) is 62.6. The quantitative estimate of drug-likeness (QED) is 0.101. The average molecular weight is 1690 g/mol. The van der Waals surface area contributed by atoms with Gasteiger partial charge in [0.25, 0.3) is 0 Å². The predicted octanol–water partition coefficient (Wildman–Crippen LogP) is 42.8. The Morgan fingerprint density at radius 2 is 0.238 bits per heavy atom. The molecule has 0 aliphatic carbocycles. The first kappa shape index (κ1) is 120. The highest BCUT2D eigenvalue weighted by Gasteiger charge is 2.21. The second-order valence-corrected chi connectivity index (χ2v) is 22.9. The molecule has 0 aliphatic rings. The molecular weight excluding hydrogens is 1520 g/mol. The molecular formula is C124H168N2. The molecule has 0 unspecified atom stereocenters. The minimum atomic E-state index is 1.12. The van der Waals surface area contributed by atoms with Gasteiger partial charge in [0.1, 0.15) is 0 Å². The summed E-state index contributed by atoms with van der Waals surface area (Å²) in [6.45, 7) is 68.0. The zero-order valence-electron chi connectivity index (χ0n) is 85.0. The maximum atomic E-state index is 2.35. The fourth-order valence-corrected chi connectivity index (χ4v) is 12.3. The highest BCUT2D eigenvalue weighted by atomic mass is 15.1. The van der Waals surface area contributed by atoms with E-state index in [1.54, 1.807) is 0 Å². The number of rotatable bonds is 15. The van der Waals surface area contributed by atoms with Gasteiger partial charge in [0.05, 0.1) is 11.4 Å². The van der Waals surface area contributed by atoms with Gasteiger partial charge < -0.3 is 9.80 Å². The fraction of sp³-hybridized carbons (Fsp3) is 0.274. The molecule has 674 valence electrons. The number of hydrogen-bond acceptors (Lipinski definition) is 2. The zero-order chi connectivity index (χ0) is 95.7. The van der Waals surface area contributed by atoms with Crippen LogP contribution in [0.25, 0.3) is 100 Å². The monoisotopic (exact) mass is 1690 g/mol. The molecule has 0 radical (unpaired) electrons. The van der Waals surface area contributed by atoms with Gasteiger partial charge in [-0.3, -0.25) is 0 Å². The summed E-state index contributed by atoms with van der Waals surface area (Å²) in [4.78, 5) is 4.70. The number of hydrogen-bond donors (Lipinski definition) is 0. The maximum absolute atomic E-state index is 2.35. The fourth-order valence-electron chi connectivity index (χ4n) is 12.3. The third-order valence-electron chi connectivity index (χ3n) is 16.9. The van der Waals surface area contributed by atoms with Crippen LogP contribution in [0, 0.1) is 0 Å². The van der Waals surface area contributed by atoms with Crippen LogP contribution in [0.15, 0.2) is 400 Å². The molecule has 2 nitrogen and oxygen atoms in total. The van der Waals surface area contributed by atoms with Crippen LogP contribution in [0.4, 0.5) is 34.1 Å². The van der Waals surface area contributed by atoms with E-state index in [-0.39, 0.29) is 0 Å². The van der Waals surface area contributed by atoms with Crippen LogP contribution in [0.1, 0.15) is 235 Å². The molecule has 0 saturated carbocycles. The van der Waals surface area contributed by atoms with E-state index < -0.39 is 0 Å². The summed E-state index contributed by atoms with van der Waals surface area (Å²) in [6.07, 6.45) is 0. The van der Waals surface area contributed by atoms with Crippen LogP contribution in [-0.4, -0.2) is 0 Å². The minimum absolute atomic E-state index is 1.12. The van der Waals surface area contributed by atoms with Gasteiger partial charge in [0.15, 0.2) is 0 Å². The minimum Gasteiger partial charge on any atom is -0.310 e. The molecule has 15 rings (SSSR count). The van der Waals surface area contributed by atoms with Crippen LogP contribution in [0.3, 0.4) is 0 Å². The Kier molecular flexibility index (Phi) is 77.5. The van der Waals surface area contributed by atoms with Gasteiger partial charge in [-0.25, -0.2) is 0 Å². The molecule has 0 heterocycles. The molecule has 0 bridgehead atoms. The summed E-state index contributed by atoms with van der Waals surface area (Å²) in [6, 6.07) is 143. The highest BCUT2D eigenvalue weighted by molar-refractivity contribution is 5.94. The van der Waals surface area contributed by atoms with Crippen molar-refractivity contribution in [2.75, 3.05) is 9.80 Å². The Balaban J connectivity index is -0.000000887. The van der Waals surface area contributed by atoms with Gasteiger partial charge in [-0.15, -0.1) is 0 Å². The van der Waals surface area contributed by atoms with E-state index in [4.69, 9.17) is 0 Å². The molecule has 0 fully saturated rings. The zero-order valence-corrected chi connectivity index (χ0v) is 85.0. The second-order valence-electron chi connectivity index (χ2n) is 22.9. The number of para-hydroxylation sites is 4. The van der Waals surface area contributed by atoms with Crippen molar-refractivity contribution in [3.05, 3.63) is 400 Å². The summed E-state index contributed by atoms with van der Waals surface area (Å²) < 4.78 is 0. The van der Waals surface area contributed by atoms with E-state index >= 15 is 0 Å². The first-order valence-corrected chi connectivity index (χ1v) is 48.5. The summed E-state index contributed by atoms with van der Waals surface area (Å²) in [5, 5.41) is 0. The van der Waals surface area contributed by atoms with E-state index in [1.807, 2.05) is 235 Å². The molecule has 0 aliphatic heterocycles. The SMILES string of the molecule is CC.CC.CC.CC.CC.CC.CC.CC.CC.CC.CC.CC.CC.CC.CC.CC.CC.c1ccc(-c2cc(-c3ccccc3)cc(-c3ccc(N(c4ccccc4)c4ccccc4)c(-c4ccccc4)c3)c2)cc1.c1ccc(-c2cc(-c3ccccc3)cc(-c3cccc(-c4ccc(N(c5ccccc5)c5ccccc5)c(-c5ccccc5)c4)c3)c2)cc1. The van der Waals surface area contributed by atoms with E-state index in [1.165, 1.54) is 100 Å². The van der Waals surface area contributed by atoms with Crippen molar-refractivity contribution in [3.8, 4) is 100 Å². The Morgan fingerprint density at radius 1 is 0.103 bits per heavy atom. The molecule has 15 aromatic rings. The van der Waals surface area contributed by atoms with E-state index in [9.17, 15) is 0 Å². The largest absolute Gasteiger partial charge is 0.310 e. The van der Waals surface area contributed by atoms with Crippen molar-refractivity contribution in [2.45, 2.75) is 235 Å². The lowest BCUT2D eigenvalue weighted by Crippen LogP contribution is -2.11. The van der Waals surface area contributed by atoms with Crippen molar-refractivity contribution in [2.24, 2.45) is 0 Å². The average Bonchev–Trinajstić information content (AvgIpc) is 0.776. The lowest BCUT2D eigenvalue weighted by atomic mass is 9.91. The van der Waals surface area contributed by atoms with Crippen LogP contribution < -0.4 is 9.80 Å². The highest BCUT2D eigenvalue weighted by Crippen LogP contribution is 2.46. The maximum Gasteiger partial charge on any atom is 0.0540 e. The summed E-state index contributed by atoms with van der Waals surface area (Å²) >= 11 is 0. The molecule has 2 heteroatoms. The molecule has 0 atom stereocenters. The molecule has 0 saturated heterocycles. The standard InChI is InChI=1S/C48H35N.C42H31N.17C2H6/c1-6-17-36(18-7-1)42-32-43(37-19-8-2-9-20-37)34-44(33-42)40-24-16-23-39(31-40)41-29-30-48(47(35-41)38-21-10-3-11-22-38)49(45-25-12-4-13-26-45)46-27-14-5-15-28-46;1-6-16-32(17-7-1)36-28-37(33-18-8-2-9-19-33)30-38(29-36)35-26-27-42(41(31-35)34-20-10-3-11-21-34)43(39-22-12-4-13-23-39)40-24-14-5-15-25-40;17*1-2/h1-35H;1-31H;17*1-2H3. The normalized spacial score (nSPS) is 8.71. The third-order valence-corrected chi connectivity index (χ3v) is 16.9. The van der Waals surface area contributed by atoms with Crippen molar-refractivity contribution in [1.82, 2.24) is 0 Å². The first-order valence-electron chi connectivity index (χ1n) is 48.5. The second kappa shape index (κ2) is 81.3. The summed E-state index contributed by atoms with van der Waals surface area (Å²) in [7, 11) is 0. The molecule has 0 N–H and O–H groups in total. The Labute approximate surface area is 774 Å². The van der Waals surface area contributed by atoms with Gasteiger partial charge in [-0.1, -0.05) is 521 Å². The van der Waals surface area contributed by atoms with Crippen LogP contribution in [-0.2, 0) is 0 Å². The van der Waals surface area contributed by atoms with Gasteiger partial charge >= 0.3 is 0 Å². The van der Waals surface area contributed by atoms with E-state index in [0.29, 0.717) is 0 Å². The molecule has 0 amide bonds. The molecule has 15 aromatic carbocycles. The smallest absolute Gasteiger partial charge is 0.0540 e. The van der Waals surface area contributed by atoms with Gasteiger partial charge in [0.2, 0.25) is 0 Å². The number of benzene rings is 15. The predicted molar refractivity (Wildman–Crippen MR) is 584 cm³/mol.